The van der Waals surface area contributed by atoms with Crippen LogP contribution < -0.4 is 4.90 Å². The number of piperazine rings is 1. The van der Waals surface area contributed by atoms with E-state index in [4.69, 9.17) is 4.52 Å². The molecule has 3 aromatic rings. The topological polar surface area (TPSA) is 75.6 Å². The highest BCUT2D eigenvalue weighted by molar-refractivity contribution is 5.99. The molecule has 0 amide bonds. The van der Waals surface area contributed by atoms with Gasteiger partial charge in [-0.3, -0.25) is 0 Å². The van der Waals surface area contributed by atoms with Gasteiger partial charge in [-0.15, -0.1) is 0 Å². The molecule has 8 heteroatoms. The molecule has 8 nitrogen and oxygen atoms in total. The molecule has 0 spiro atoms. The number of nitrogens with zero attached hydrogens (tertiary/aromatic N) is 7. The van der Waals surface area contributed by atoms with Gasteiger partial charge in [-0.2, -0.15) is 0 Å². The van der Waals surface area contributed by atoms with E-state index in [1.807, 2.05) is 38.6 Å². The predicted octanol–water partition coefficient (Wildman–Crippen LogP) is 3.61. The lowest BCUT2D eigenvalue weighted by atomic mass is 10.1. The van der Waals surface area contributed by atoms with E-state index in [2.05, 4.69) is 61.0 Å². The third-order valence-corrected chi connectivity index (χ3v) is 5.56. The molecule has 0 bridgehead atoms. The second kappa shape index (κ2) is 8.75. The standard InChI is InChI=1S/C23H29N7O/c1-6-24-22(21-12-18(15-28(21)5)20-11-17(4)31-27-20)29-7-9-30(10-8-29)23-25-13-19(14-26-23)16(2)3/h6,11-16H,1,7-10H2,2-5H3/b24-22+. The summed E-state index contributed by atoms with van der Waals surface area (Å²) in [5.74, 6) is 2.91. The SMILES string of the molecule is C=C/N=C(\c1cc(-c2cc(C)on2)cn1C)N1CCN(c2ncc(C(C)C)cn2)CC1. The van der Waals surface area contributed by atoms with E-state index in [1.54, 1.807) is 6.20 Å². The molecule has 1 saturated heterocycles. The Morgan fingerprint density at radius 1 is 1.16 bits per heavy atom. The lowest BCUT2D eigenvalue weighted by Gasteiger charge is -2.36. The monoisotopic (exact) mass is 419 g/mol. The van der Waals surface area contributed by atoms with Crippen LogP contribution in [0.3, 0.4) is 0 Å². The zero-order valence-corrected chi connectivity index (χ0v) is 18.6. The van der Waals surface area contributed by atoms with Crippen LogP contribution in [0.4, 0.5) is 5.95 Å². The Bertz CT molecular complexity index is 1070. The number of aromatic nitrogens is 4. The maximum Gasteiger partial charge on any atom is 0.225 e. The van der Waals surface area contributed by atoms with Crippen molar-refractivity contribution in [1.82, 2.24) is 24.6 Å². The largest absolute Gasteiger partial charge is 0.361 e. The number of hydrogen-bond acceptors (Lipinski definition) is 6. The number of rotatable bonds is 5. The average Bonchev–Trinajstić information content (AvgIpc) is 3.38. The average molecular weight is 420 g/mol. The first-order valence-corrected chi connectivity index (χ1v) is 10.6. The number of hydrogen-bond donors (Lipinski definition) is 0. The Morgan fingerprint density at radius 3 is 2.45 bits per heavy atom. The van der Waals surface area contributed by atoms with Gasteiger partial charge < -0.3 is 18.9 Å². The van der Waals surface area contributed by atoms with Crippen LogP contribution >= 0.6 is 0 Å². The van der Waals surface area contributed by atoms with E-state index < -0.39 is 0 Å². The normalized spacial score (nSPS) is 15.1. The lowest BCUT2D eigenvalue weighted by Crippen LogP contribution is -2.49. The second-order valence-corrected chi connectivity index (χ2v) is 8.13. The van der Waals surface area contributed by atoms with Crippen LogP contribution in [-0.4, -0.2) is 56.6 Å². The van der Waals surface area contributed by atoms with Gasteiger partial charge in [0, 0.05) is 69.6 Å². The molecule has 1 aliphatic rings. The van der Waals surface area contributed by atoms with Crippen LogP contribution in [0, 0.1) is 6.92 Å². The van der Waals surface area contributed by atoms with Crippen molar-refractivity contribution >= 4 is 11.8 Å². The summed E-state index contributed by atoms with van der Waals surface area (Å²) in [4.78, 5) is 18.3. The van der Waals surface area contributed by atoms with Crippen molar-refractivity contribution in [2.75, 3.05) is 31.1 Å². The highest BCUT2D eigenvalue weighted by Gasteiger charge is 2.24. The maximum atomic E-state index is 5.23. The van der Waals surface area contributed by atoms with Gasteiger partial charge in [-0.1, -0.05) is 25.6 Å². The fraction of sp³-hybridized carbons (Fsp3) is 0.391. The summed E-state index contributed by atoms with van der Waals surface area (Å²) in [6.07, 6.45) is 7.51. The molecule has 4 heterocycles. The molecular formula is C23H29N7O. The Balaban J connectivity index is 1.50. The first-order valence-electron chi connectivity index (χ1n) is 10.6. The molecule has 0 atom stereocenters. The van der Waals surface area contributed by atoms with Gasteiger partial charge in [-0.05, 0) is 24.5 Å². The molecule has 0 aromatic carbocycles. The molecule has 4 rings (SSSR count). The number of aliphatic imine (C=N–C) groups is 1. The van der Waals surface area contributed by atoms with Gasteiger partial charge in [0.05, 0.1) is 5.69 Å². The highest BCUT2D eigenvalue weighted by atomic mass is 16.5. The Labute approximate surface area is 182 Å². The summed E-state index contributed by atoms with van der Waals surface area (Å²) in [6.45, 7) is 13.3. The van der Waals surface area contributed by atoms with E-state index in [1.165, 1.54) is 0 Å². The third-order valence-electron chi connectivity index (χ3n) is 5.56. The summed E-state index contributed by atoms with van der Waals surface area (Å²) >= 11 is 0. The summed E-state index contributed by atoms with van der Waals surface area (Å²) in [5, 5.41) is 4.14. The fourth-order valence-corrected chi connectivity index (χ4v) is 3.74. The second-order valence-electron chi connectivity index (χ2n) is 8.13. The van der Waals surface area contributed by atoms with Gasteiger partial charge in [0.2, 0.25) is 5.95 Å². The molecule has 0 aliphatic carbocycles. The Hall–Kier alpha value is -3.42. The maximum absolute atomic E-state index is 5.23. The van der Waals surface area contributed by atoms with Crippen LogP contribution in [-0.2, 0) is 7.05 Å². The van der Waals surface area contributed by atoms with Crippen molar-refractivity contribution in [3.63, 3.8) is 0 Å². The predicted molar refractivity (Wildman–Crippen MR) is 122 cm³/mol. The van der Waals surface area contributed by atoms with Crippen molar-refractivity contribution in [1.29, 1.82) is 0 Å². The van der Waals surface area contributed by atoms with E-state index in [0.717, 1.165) is 66.2 Å². The summed E-state index contributed by atoms with van der Waals surface area (Å²) in [7, 11) is 2.02. The van der Waals surface area contributed by atoms with Crippen LogP contribution in [0.2, 0.25) is 0 Å². The van der Waals surface area contributed by atoms with E-state index in [9.17, 15) is 0 Å². The van der Waals surface area contributed by atoms with E-state index >= 15 is 0 Å². The fourth-order valence-electron chi connectivity index (χ4n) is 3.74. The van der Waals surface area contributed by atoms with E-state index in [-0.39, 0.29) is 0 Å². The van der Waals surface area contributed by atoms with Gasteiger partial charge in [0.25, 0.3) is 0 Å². The van der Waals surface area contributed by atoms with Crippen LogP contribution in [0.15, 0.2) is 53.0 Å². The molecule has 0 N–H and O–H groups in total. The first-order chi connectivity index (χ1) is 15.0. The Kier molecular flexibility index (Phi) is 5.88. The van der Waals surface area contributed by atoms with Gasteiger partial charge in [-0.25, -0.2) is 15.0 Å². The molecule has 3 aromatic heterocycles. The van der Waals surface area contributed by atoms with Gasteiger partial charge >= 0.3 is 0 Å². The molecule has 1 aliphatic heterocycles. The first kappa shape index (κ1) is 20.8. The van der Waals surface area contributed by atoms with Crippen molar-refractivity contribution < 1.29 is 4.52 Å². The quantitative estimate of drug-likeness (QED) is 0.464. The summed E-state index contributed by atoms with van der Waals surface area (Å²) in [5.41, 5.74) is 4.00. The van der Waals surface area contributed by atoms with Crippen molar-refractivity contribution in [3.05, 3.63) is 60.5 Å². The van der Waals surface area contributed by atoms with E-state index in [0.29, 0.717) is 5.92 Å². The minimum Gasteiger partial charge on any atom is -0.361 e. The minimum absolute atomic E-state index is 0.430. The molecule has 31 heavy (non-hydrogen) atoms. The van der Waals surface area contributed by atoms with Crippen molar-refractivity contribution in [2.24, 2.45) is 12.0 Å². The smallest absolute Gasteiger partial charge is 0.225 e. The summed E-state index contributed by atoms with van der Waals surface area (Å²) in [6, 6.07) is 4.03. The zero-order chi connectivity index (χ0) is 22.0. The molecule has 0 unspecified atom stereocenters. The number of amidine groups is 1. The molecule has 162 valence electrons. The third kappa shape index (κ3) is 4.38. The lowest BCUT2D eigenvalue weighted by molar-refractivity contribution is 0.382. The van der Waals surface area contributed by atoms with Crippen molar-refractivity contribution in [2.45, 2.75) is 26.7 Å². The highest BCUT2D eigenvalue weighted by Crippen LogP contribution is 2.23. The van der Waals surface area contributed by atoms with Gasteiger partial charge in [0.1, 0.15) is 11.5 Å². The number of aryl methyl sites for hydroxylation is 2. The Morgan fingerprint density at radius 2 is 1.87 bits per heavy atom. The van der Waals surface area contributed by atoms with Crippen LogP contribution in [0.1, 0.15) is 36.8 Å². The minimum atomic E-state index is 0.430. The van der Waals surface area contributed by atoms with Crippen LogP contribution in [0.5, 0.6) is 0 Å². The van der Waals surface area contributed by atoms with Gasteiger partial charge in [0.15, 0.2) is 5.84 Å². The molecule has 1 fully saturated rings. The van der Waals surface area contributed by atoms with Crippen molar-refractivity contribution in [3.8, 4) is 11.3 Å². The molecule has 0 saturated carbocycles. The van der Waals surface area contributed by atoms with Crippen LogP contribution in [0.25, 0.3) is 11.3 Å². The summed E-state index contributed by atoms with van der Waals surface area (Å²) < 4.78 is 7.30. The molecule has 0 radical (unpaired) electrons. The number of anilines is 1. The molecular weight excluding hydrogens is 390 g/mol. The zero-order valence-electron chi connectivity index (χ0n) is 18.6.